The normalized spacial score (nSPS) is 13.3. The summed E-state index contributed by atoms with van der Waals surface area (Å²) in [6.07, 6.45) is 3.98. The molecule has 1 aromatic rings. The molecule has 3 N–H and O–H groups in total. The maximum Gasteiger partial charge on any atom is 0.243 e. The van der Waals surface area contributed by atoms with Crippen LogP contribution in [0.1, 0.15) is 46.0 Å². The maximum atomic E-state index is 13.7. The van der Waals surface area contributed by atoms with E-state index in [2.05, 4.69) is 4.72 Å². The topological polar surface area (TPSA) is 72.2 Å². The van der Waals surface area contributed by atoms with Gasteiger partial charge in [-0.2, -0.15) is 0 Å². The number of rotatable bonds is 8. The monoisotopic (exact) mass is 320 g/mol. The lowest BCUT2D eigenvalue weighted by Gasteiger charge is -2.18. The van der Waals surface area contributed by atoms with Crippen LogP contribution in [0.2, 0.25) is 0 Å². The summed E-state index contributed by atoms with van der Waals surface area (Å²) in [6, 6.07) is 1.05. The predicted octanol–water partition coefficient (Wildman–Crippen LogP) is 3.18. The highest BCUT2D eigenvalue weighted by atomic mass is 32.2. The van der Waals surface area contributed by atoms with Crippen LogP contribution >= 0.6 is 0 Å². The molecule has 1 atom stereocenters. The van der Waals surface area contributed by atoms with E-state index in [0.717, 1.165) is 25.3 Å². The van der Waals surface area contributed by atoms with E-state index < -0.39 is 32.2 Å². The summed E-state index contributed by atoms with van der Waals surface area (Å²) in [4.78, 5) is -0.612. The molecule has 0 aromatic heterocycles. The summed E-state index contributed by atoms with van der Waals surface area (Å²) in [5.74, 6) is -2.11. The molecule has 1 unspecified atom stereocenters. The number of nitrogens with two attached hydrogens (primary N) is 1. The highest BCUT2D eigenvalue weighted by Gasteiger charge is 2.24. The Labute approximate surface area is 124 Å². The Kier molecular flexibility index (Phi) is 6.54. The quantitative estimate of drug-likeness (QED) is 0.723. The SMILES string of the molecule is CCCCC(CCC)NS(=O)(=O)c1cc(N)c(F)cc1F. The Morgan fingerprint density at radius 3 is 2.38 bits per heavy atom. The van der Waals surface area contributed by atoms with Crippen molar-refractivity contribution in [1.29, 1.82) is 0 Å². The molecule has 1 rings (SSSR count). The highest BCUT2D eigenvalue weighted by molar-refractivity contribution is 7.89. The second-order valence-electron chi connectivity index (χ2n) is 5.05. The van der Waals surface area contributed by atoms with Crippen molar-refractivity contribution in [3.63, 3.8) is 0 Å². The van der Waals surface area contributed by atoms with Gasteiger partial charge in [-0.05, 0) is 18.9 Å². The average Bonchev–Trinajstić information content (AvgIpc) is 2.40. The summed E-state index contributed by atoms with van der Waals surface area (Å²) in [5.41, 5.74) is 4.93. The van der Waals surface area contributed by atoms with Gasteiger partial charge in [-0.1, -0.05) is 33.1 Å². The Bertz CT molecular complexity index is 577. The first-order valence-corrected chi connectivity index (χ1v) is 8.57. The molecule has 0 aliphatic carbocycles. The first kappa shape index (κ1) is 17.8. The largest absolute Gasteiger partial charge is 0.396 e. The minimum atomic E-state index is -4.05. The fourth-order valence-corrected chi connectivity index (χ4v) is 3.49. The van der Waals surface area contributed by atoms with Crippen molar-refractivity contribution < 1.29 is 17.2 Å². The van der Waals surface area contributed by atoms with Crippen LogP contribution in [0.15, 0.2) is 17.0 Å². The predicted molar refractivity (Wildman–Crippen MR) is 79.3 cm³/mol. The zero-order valence-electron chi connectivity index (χ0n) is 12.3. The Morgan fingerprint density at radius 1 is 1.14 bits per heavy atom. The lowest BCUT2D eigenvalue weighted by Crippen LogP contribution is -2.35. The van der Waals surface area contributed by atoms with Gasteiger partial charge in [-0.3, -0.25) is 0 Å². The van der Waals surface area contributed by atoms with Gasteiger partial charge >= 0.3 is 0 Å². The van der Waals surface area contributed by atoms with Crippen LogP contribution in [0.25, 0.3) is 0 Å². The van der Waals surface area contributed by atoms with E-state index in [1.54, 1.807) is 0 Å². The zero-order valence-corrected chi connectivity index (χ0v) is 13.1. The molecule has 4 nitrogen and oxygen atoms in total. The minimum absolute atomic E-state index is 0.259. The fraction of sp³-hybridized carbons (Fsp3) is 0.571. The van der Waals surface area contributed by atoms with Crippen molar-refractivity contribution in [2.75, 3.05) is 5.73 Å². The number of halogens is 2. The number of sulfonamides is 1. The number of unbranched alkanes of at least 4 members (excludes halogenated alkanes) is 1. The first-order valence-electron chi connectivity index (χ1n) is 7.08. The highest BCUT2D eigenvalue weighted by Crippen LogP contribution is 2.22. The van der Waals surface area contributed by atoms with Gasteiger partial charge in [0.1, 0.15) is 16.5 Å². The van der Waals surface area contributed by atoms with E-state index in [-0.39, 0.29) is 6.04 Å². The zero-order chi connectivity index (χ0) is 16.0. The summed E-state index contributed by atoms with van der Waals surface area (Å²) < 4.78 is 53.8. The van der Waals surface area contributed by atoms with Crippen LogP contribution in [0.5, 0.6) is 0 Å². The van der Waals surface area contributed by atoms with Gasteiger partial charge in [0.2, 0.25) is 10.0 Å². The summed E-state index contributed by atoms with van der Waals surface area (Å²) in [7, 11) is -4.05. The average molecular weight is 320 g/mol. The Hall–Kier alpha value is -1.21. The van der Waals surface area contributed by atoms with Crippen molar-refractivity contribution in [2.24, 2.45) is 0 Å². The first-order chi connectivity index (χ1) is 9.81. The lowest BCUT2D eigenvalue weighted by atomic mass is 10.1. The number of hydrogen-bond donors (Lipinski definition) is 2. The van der Waals surface area contributed by atoms with Gasteiger partial charge in [0.15, 0.2) is 0 Å². The molecular formula is C14H22F2N2O2S. The fourth-order valence-electron chi connectivity index (χ4n) is 2.09. The van der Waals surface area contributed by atoms with Gasteiger partial charge in [-0.15, -0.1) is 0 Å². The molecule has 0 saturated carbocycles. The third-order valence-electron chi connectivity index (χ3n) is 3.21. The van der Waals surface area contributed by atoms with Gasteiger partial charge in [-0.25, -0.2) is 21.9 Å². The smallest absolute Gasteiger partial charge is 0.243 e. The van der Waals surface area contributed by atoms with Crippen LogP contribution in [-0.2, 0) is 10.0 Å². The molecule has 0 bridgehead atoms. The van der Waals surface area contributed by atoms with Crippen LogP contribution < -0.4 is 10.5 Å². The molecule has 0 heterocycles. The molecule has 120 valence electrons. The van der Waals surface area contributed by atoms with Crippen molar-refractivity contribution in [3.8, 4) is 0 Å². The van der Waals surface area contributed by atoms with Crippen LogP contribution in [0, 0.1) is 11.6 Å². The van der Waals surface area contributed by atoms with E-state index in [0.29, 0.717) is 18.9 Å². The Morgan fingerprint density at radius 2 is 1.81 bits per heavy atom. The summed E-state index contributed by atoms with van der Waals surface area (Å²) >= 11 is 0. The van der Waals surface area contributed by atoms with Crippen molar-refractivity contribution in [1.82, 2.24) is 4.72 Å². The number of hydrogen-bond acceptors (Lipinski definition) is 3. The van der Waals surface area contributed by atoms with Gasteiger partial charge in [0.05, 0.1) is 5.69 Å². The van der Waals surface area contributed by atoms with Gasteiger partial charge in [0, 0.05) is 12.1 Å². The van der Waals surface area contributed by atoms with E-state index in [1.807, 2.05) is 13.8 Å². The second kappa shape index (κ2) is 7.70. The maximum absolute atomic E-state index is 13.7. The Balaban J connectivity index is 3.01. The van der Waals surface area contributed by atoms with Crippen molar-refractivity contribution in [2.45, 2.75) is 56.9 Å². The molecule has 7 heteroatoms. The van der Waals surface area contributed by atoms with Crippen LogP contribution in [0.3, 0.4) is 0 Å². The molecule has 21 heavy (non-hydrogen) atoms. The summed E-state index contributed by atoms with van der Waals surface area (Å²) in [5, 5.41) is 0. The van der Waals surface area contributed by atoms with Crippen molar-refractivity contribution in [3.05, 3.63) is 23.8 Å². The molecule has 0 spiro atoms. The van der Waals surface area contributed by atoms with Gasteiger partial charge in [0.25, 0.3) is 0 Å². The minimum Gasteiger partial charge on any atom is -0.396 e. The number of nitrogen functional groups attached to an aromatic ring is 1. The molecule has 0 aliphatic rings. The standard InChI is InChI=1S/C14H22F2N2O2S/c1-3-5-7-10(6-4-2)18-21(19,20)14-9-13(17)11(15)8-12(14)16/h8-10,18H,3-7,17H2,1-2H3. The molecule has 0 saturated heterocycles. The van der Waals surface area contributed by atoms with E-state index >= 15 is 0 Å². The molecule has 0 radical (unpaired) electrons. The molecule has 1 aromatic carbocycles. The van der Waals surface area contributed by atoms with Crippen molar-refractivity contribution >= 4 is 15.7 Å². The molecule has 0 amide bonds. The number of nitrogens with one attached hydrogen (secondary N) is 1. The van der Waals surface area contributed by atoms with E-state index in [9.17, 15) is 17.2 Å². The number of anilines is 1. The van der Waals surface area contributed by atoms with E-state index in [4.69, 9.17) is 5.73 Å². The molecular weight excluding hydrogens is 298 g/mol. The summed E-state index contributed by atoms with van der Waals surface area (Å²) in [6.45, 7) is 3.96. The second-order valence-corrected chi connectivity index (χ2v) is 6.74. The van der Waals surface area contributed by atoms with E-state index in [1.165, 1.54) is 0 Å². The van der Waals surface area contributed by atoms with Crippen LogP contribution in [-0.4, -0.2) is 14.5 Å². The molecule has 0 aliphatic heterocycles. The lowest BCUT2D eigenvalue weighted by molar-refractivity contribution is 0.479. The third kappa shape index (κ3) is 4.93. The van der Waals surface area contributed by atoms with Crippen LogP contribution in [0.4, 0.5) is 14.5 Å². The van der Waals surface area contributed by atoms with Gasteiger partial charge < -0.3 is 5.73 Å². The number of benzene rings is 1. The molecule has 0 fully saturated rings. The third-order valence-corrected chi connectivity index (χ3v) is 4.74.